The molecular weight excluding hydrogens is 404 g/mol. The van der Waals surface area contributed by atoms with Gasteiger partial charge in [-0.3, -0.25) is 14.2 Å². The molecule has 3 rings (SSSR count). The van der Waals surface area contributed by atoms with E-state index in [2.05, 4.69) is 25.3 Å². The molecule has 9 nitrogen and oxygen atoms in total. The average molecular weight is 421 g/mol. The van der Waals surface area contributed by atoms with Crippen LogP contribution in [0.5, 0.6) is 0 Å². The highest BCUT2D eigenvalue weighted by atomic mass is 35.5. The van der Waals surface area contributed by atoms with Gasteiger partial charge in [-0.15, -0.1) is 10.2 Å². The third-order valence-corrected chi connectivity index (χ3v) is 5.38. The Balaban J connectivity index is 1.68. The summed E-state index contributed by atoms with van der Waals surface area (Å²) in [5, 5.41) is 14.2. The van der Waals surface area contributed by atoms with Gasteiger partial charge < -0.3 is 5.32 Å². The van der Waals surface area contributed by atoms with Gasteiger partial charge in [-0.2, -0.15) is 5.10 Å². The summed E-state index contributed by atoms with van der Waals surface area (Å²) in [5.74, 6) is -0.224. The van der Waals surface area contributed by atoms with Crippen molar-refractivity contribution in [1.82, 2.24) is 20.0 Å². The molecule has 2 aromatic heterocycles. The minimum atomic E-state index is -3.85. The molecule has 1 aromatic carbocycles. The Morgan fingerprint density at radius 3 is 2.43 bits per heavy atom. The molecule has 28 heavy (non-hydrogen) atoms. The zero-order valence-electron chi connectivity index (χ0n) is 15.0. The summed E-state index contributed by atoms with van der Waals surface area (Å²) in [7, 11) is -3.85. The van der Waals surface area contributed by atoms with Crippen LogP contribution in [0.4, 0.5) is 11.5 Å². The minimum absolute atomic E-state index is 0.0120. The summed E-state index contributed by atoms with van der Waals surface area (Å²) >= 11 is 5.63. The fourth-order valence-electron chi connectivity index (χ4n) is 2.30. The highest BCUT2D eigenvalue weighted by molar-refractivity contribution is 7.92. The van der Waals surface area contributed by atoms with Crippen molar-refractivity contribution >= 4 is 39.0 Å². The van der Waals surface area contributed by atoms with Crippen LogP contribution in [-0.4, -0.2) is 34.3 Å². The second-order valence-electron chi connectivity index (χ2n) is 6.03. The summed E-state index contributed by atoms with van der Waals surface area (Å²) in [6.45, 7) is 3.61. The first-order valence-corrected chi connectivity index (χ1v) is 10.0. The lowest BCUT2D eigenvalue weighted by atomic mass is 10.2. The molecule has 0 fully saturated rings. The molecule has 11 heteroatoms. The van der Waals surface area contributed by atoms with E-state index in [1.807, 2.05) is 6.92 Å². The molecule has 1 unspecified atom stereocenters. The zero-order chi connectivity index (χ0) is 20.3. The average Bonchev–Trinajstić information content (AvgIpc) is 3.09. The topological polar surface area (TPSA) is 119 Å². The molecule has 146 valence electrons. The predicted octanol–water partition coefficient (Wildman–Crippen LogP) is 2.64. The van der Waals surface area contributed by atoms with Gasteiger partial charge in [0.05, 0.1) is 11.1 Å². The molecule has 1 atom stereocenters. The van der Waals surface area contributed by atoms with Crippen LogP contribution in [-0.2, 0) is 14.8 Å². The predicted molar refractivity (Wildman–Crippen MR) is 105 cm³/mol. The molecular formula is C17H17ClN6O3S. The third kappa shape index (κ3) is 4.65. The Hall–Kier alpha value is -2.98. The Bertz CT molecular complexity index is 1080. The van der Waals surface area contributed by atoms with Gasteiger partial charge in [-0.1, -0.05) is 11.6 Å². The summed E-state index contributed by atoms with van der Waals surface area (Å²) < 4.78 is 28.7. The maximum Gasteiger partial charge on any atom is 0.263 e. The maximum absolute atomic E-state index is 12.4. The van der Waals surface area contributed by atoms with E-state index in [4.69, 9.17) is 11.6 Å². The largest absolute Gasteiger partial charge is 0.324 e. The number of aryl methyl sites for hydroxylation is 1. The summed E-state index contributed by atoms with van der Waals surface area (Å²) in [6.07, 6.45) is 3.44. The summed E-state index contributed by atoms with van der Waals surface area (Å²) in [4.78, 5) is 12.4. The van der Waals surface area contributed by atoms with E-state index < -0.39 is 16.1 Å². The zero-order valence-corrected chi connectivity index (χ0v) is 16.6. The number of carbonyl (C=O) groups excluding carboxylic acids is 1. The van der Waals surface area contributed by atoms with Gasteiger partial charge in [0.25, 0.3) is 10.0 Å². The van der Waals surface area contributed by atoms with Gasteiger partial charge in [-0.25, -0.2) is 8.42 Å². The normalized spacial score (nSPS) is 12.4. The number of aromatic nitrogens is 4. The molecule has 2 N–H and O–H groups in total. The molecule has 2 heterocycles. The first-order chi connectivity index (χ1) is 13.2. The Morgan fingerprint density at radius 2 is 1.86 bits per heavy atom. The number of nitrogens with one attached hydrogen (secondary N) is 2. The number of sulfonamides is 1. The molecule has 0 aliphatic carbocycles. The van der Waals surface area contributed by atoms with E-state index in [1.165, 1.54) is 36.4 Å². The number of anilines is 2. The van der Waals surface area contributed by atoms with E-state index in [9.17, 15) is 13.2 Å². The van der Waals surface area contributed by atoms with Crippen LogP contribution in [0, 0.1) is 6.92 Å². The van der Waals surface area contributed by atoms with Gasteiger partial charge in [-0.05, 0) is 55.8 Å². The van der Waals surface area contributed by atoms with E-state index >= 15 is 0 Å². The van der Waals surface area contributed by atoms with Crippen molar-refractivity contribution in [3.05, 3.63) is 59.5 Å². The molecule has 3 aromatic rings. The first-order valence-electron chi connectivity index (χ1n) is 8.18. The lowest BCUT2D eigenvalue weighted by molar-refractivity contribution is -0.119. The standard InChI is InChI=1S/C17H17ClN6O3S/c1-11-9-19-24(10-11)12(2)17(25)20-13-3-5-14(6-4-13)28(26,27)23-16-8-7-15(18)21-22-16/h3-10,12H,1-2H3,(H,20,25)(H,22,23). The van der Waals surface area contributed by atoms with Crippen LogP contribution in [0.2, 0.25) is 5.15 Å². The van der Waals surface area contributed by atoms with Crippen LogP contribution in [0.25, 0.3) is 0 Å². The van der Waals surface area contributed by atoms with Gasteiger partial charge in [0.1, 0.15) is 6.04 Å². The second kappa shape index (κ2) is 7.95. The lowest BCUT2D eigenvalue weighted by Gasteiger charge is -2.13. The van der Waals surface area contributed by atoms with Crippen molar-refractivity contribution < 1.29 is 13.2 Å². The molecule has 0 aliphatic heterocycles. The summed E-state index contributed by atoms with van der Waals surface area (Å²) in [6, 6.07) is 8.07. The van der Waals surface area contributed by atoms with Crippen molar-refractivity contribution in [2.45, 2.75) is 24.8 Å². The fourth-order valence-corrected chi connectivity index (χ4v) is 3.39. The number of hydrogen-bond donors (Lipinski definition) is 2. The number of nitrogens with zero attached hydrogens (tertiary/aromatic N) is 4. The van der Waals surface area contributed by atoms with Crippen LogP contribution in [0.1, 0.15) is 18.5 Å². The van der Waals surface area contributed by atoms with E-state index in [1.54, 1.807) is 24.0 Å². The number of rotatable bonds is 6. The molecule has 1 amide bonds. The van der Waals surface area contributed by atoms with Crippen molar-refractivity contribution in [1.29, 1.82) is 0 Å². The highest BCUT2D eigenvalue weighted by Gasteiger charge is 2.18. The molecule has 0 bridgehead atoms. The monoisotopic (exact) mass is 420 g/mol. The fraction of sp³-hybridized carbons (Fsp3) is 0.176. The van der Waals surface area contributed by atoms with Crippen LogP contribution in [0.15, 0.2) is 53.7 Å². The molecule has 0 radical (unpaired) electrons. The second-order valence-corrected chi connectivity index (χ2v) is 8.10. The van der Waals surface area contributed by atoms with Crippen molar-refractivity contribution in [2.75, 3.05) is 10.0 Å². The number of amides is 1. The van der Waals surface area contributed by atoms with Crippen molar-refractivity contribution in [2.24, 2.45) is 0 Å². The third-order valence-electron chi connectivity index (χ3n) is 3.81. The number of benzene rings is 1. The van der Waals surface area contributed by atoms with Gasteiger partial charge in [0.15, 0.2) is 11.0 Å². The van der Waals surface area contributed by atoms with E-state index in [0.717, 1.165) is 5.56 Å². The molecule has 0 spiro atoms. The molecule has 0 saturated carbocycles. The molecule has 0 aliphatic rings. The Morgan fingerprint density at radius 1 is 1.14 bits per heavy atom. The highest BCUT2D eigenvalue weighted by Crippen LogP contribution is 2.18. The number of halogens is 1. The Labute approximate surface area is 166 Å². The van der Waals surface area contributed by atoms with Crippen LogP contribution in [0.3, 0.4) is 0 Å². The number of hydrogen-bond acceptors (Lipinski definition) is 6. The minimum Gasteiger partial charge on any atom is -0.324 e. The SMILES string of the molecule is Cc1cnn(C(C)C(=O)Nc2ccc(S(=O)(=O)Nc3ccc(Cl)nn3)cc2)c1. The first kappa shape index (κ1) is 19.8. The van der Waals surface area contributed by atoms with Crippen molar-refractivity contribution in [3.63, 3.8) is 0 Å². The molecule has 0 saturated heterocycles. The van der Waals surface area contributed by atoms with Crippen LogP contribution < -0.4 is 10.0 Å². The van der Waals surface area contributed by atoms with Gasteiger partial charge in [0.2, 0.25) is 5.91 Å². The van der Waals surface area contributed by atoms with E-state index in [0.29, 0.717) is 5.69 Å². The number of carbonyl (C=O) groups is 1. The van der Waals surface area contributed by atoms with Gasteiger partial charge in [0, 0.05) is 11.9 Å². The maximum atomic E-state index is 12.4. The lowest BCUT2D eigenvalue weighted by Crippen LogP contribution is -2.24. The summed E-state index contributed by atoms with van der Waals surface area (Å²) in [5.41, 5.74) is 1.41. The smallest absolute Gasteiger partial charge is 0.263 e. The van der Waals surface area contributed by atoms with E-state index in [-0.39, 0.29) is 21.8 Å². The van der Waals surface area contributed by atoms with Gasteiger partial charge >= 0.3 is 0 Å². The van der Waals surface area contributed by atoms with Crippen molar-refractivity contribution in [3.8, 4) is 0 Å². The Kier molecular flexibility index (Phi) is 5.61. The quantitative estimate of drug-likeness (QED) is 0.632. The van der Waals surface area contributed by atoms with Crippen LogP contribution >= 0.6 is 11.6 Å².